The van der Waals surface area contributed by atoms with Crippen LogP contribution in [0.25, 0.3) is 0 Å². The van der Waals surface area contributed by atoms with Crippen molar-refractivity contribution in [3.05, 3.63) is 12.2 Å². The third-order valence-electron chi connectivity index (χ3n) is 2.19. The molecule has 1 aliphatic rings. The fraction of sp³-hybridized carbons (Fsp3) is 0.500. The lowest BCUT2D eigenvalue weighted by atomic mass is 10.1. The summed E-state index contributed by atoms with van der Waals surface area (Å²) in [6, 6.07) is -0.642. The summed E-state index contributed by atoms with van der Waals surface area (Å²) in [5, 5.41) is 12.8. The zero-order chi connectivity index (χ0) is 12.7. The van der Waals surface area contributed by atoms with Gasteiger partial charge in [0.05, 0.1) is 6.61 Å². The Balaban J connectivity index is 2.19. The molecule has 3 amide bonds. The van der Waals surface area contributed by atoms with Crippen LogP contribution in [-0.2, 0) is 14.3 Å². The summed E-state index contributed by atoms with van der Waals surface area (Å²) in [5.41, 5.74) is 0. The number of hydrogen-bond acceptors (Lipinski definition) is 4. The second kappa shape index (κ2) is 6.64. The number of carboxylic acid groups (broad SMARTS) is 1. The summed E-state index contributed by atoms with van der Waals surface area (Å²) >= 11 is 0. The second-order valence-corrected chi connectivity index (χ2v) is 3.60. The molecule has 0 aromatic rings. The van der Waals surface area contributed by atoms with Gasteiger partial charge in [-0.3, -0.25) is 10.1 Å². The largest absolute Gasteiger partial charge is 0.478 e. The maximum absolute atomic E-state index is 11.2. The predicted molar refractivity (Wildman–Crippen MR) is 57.2 cm³/mol. The van der Waals surface area contributed by atoms with Crippen molar-refractivity contribution < 1.29 is 24.2 Å². The lowest BCUT2D eigenvalue weighted by Gasteiger charge is -2.08. The van der Waals surface area contributed by atoms with E-state index in [2.05, 4.69) is 5.32 Å². The number of rotatable bonds is 4. The van der Waals surface area contributed by atoms with Gasteiger partial charge in [0, 0.05) is 31.2 Å². The molecule has 1 aliphatic heterocycles. The second-order valence-electron chi connectivity index (χ2n) is 3.60. The van der Waals surface area contributed by atoms with E-state index >= 15 is 0 Å². The van der Waals surface area contributed by atoms with Crippen molar-refractivity contribution in [1.82, 2.24) is 10.6 Å². The number of aliphatic carboxylic acids is 1. The molecule has 1 unspecified atom stereocenters. The molecule has 0 bridgehead atoms. The summed E-state index contributed by atoms with van der Waals surface area (Å²) < 4.78 is 5.12. The first-order chi connectivity index (χ1) is 8.08. The Morgan fingerprint density at radius 3 is 2.71 bits per heavy atom. The first-order valence-corrected chi connectivity index (χ1v) is 5.15. The SMILES string of the molecule is O=C(O)C=CC(=O)NC(=O)NCC1CCOC1. The highest BCUT2D eigenvalue weighted by Crippen LogP contribution is 2.10. The molecular weight excluding hydrogens is 228 g/mol. The number of nitrogens with one attached hydrogen (secondary N) is 2. The average molecular weight is 242 g/mol. The molecule has 0 saturated carbocycles. The maximum atomic E-state index is 11.2. The van der Waals surface area contributed by atoms with Crippen LogP contribution in [0.5, 0.6) is 0 Å². The molecule has 1 fully saturated rings. The molecule has 0 radical (unpaired) electrons. The van der Waals surface area contributed by atoms with Crippen LogP contribution in [0.3, 0.4) is 0 Å². The minimum Gasteiger partial charge on any atom is -0.478 e. The molecule has 1 rings (SSSR count). The first kappa shape index (κ1) is 13.2. The molecule has 0 aromatic carbocycles. The monoisotopic (exact) mass is 242 g/mol. The van der Waals surface area contributed by atoms with E-state index in [0.29, 0.717) is 25.8 Å². The summed E-state index contributed by atoms with van der Waals surface area (Å²) in [4.78, 5) is 32.3. The lowest BCUT2D eigenvalue weighted by molar-refractivity contribution is -0.131. The molecule has 7 nitrogen and oxygen atoms in total. The van der Waals surface area contributed by atoms with Crippen LogP contribution in [0, 0.1) is 5.92 Å². The molecule has 0 spiro atoms. The number of carbonyl (C=O) groups excluding carboxylic acids is 2. The number of urea groups is 1. The van der Waals surface area contributed by atoms with Gasteiger partial charge in [-0.15, -0.1) is 0 Å². The van der Waals surface area contributed by atoms with Crippen molar-refractivity contribution in [2.24, 2.45) is 5.92 Å². The zero-order valence-corrected chi connectivity index (χ0v) is 9.14. The van der Waals surface area contributed by atoms with Gasteiger partial charge in [-0.2, -0.15) is 0 Å². The van der Waals surface area contributed by atoms with E-state index in [-0.39, 0.29) is 5.92 Å². The van der Waals surface area contributed by atoms with Gasteiger partial charge in [0.2, 0.25) is 0 Å². The van der Waals surface area contributed by atoms with Gasteiger partial charge in [0.1, 0.15) is 0 Å². The highest BCUT2D eigenvalue weighted by molar-refractivity contribution is 6.02. The fourth-order valence-corrected chi connectivity index (χ4v) is 1.33. The quantitative estimate of drug-likeness (QED) is 0.576. The third kappa shape index (κ3) is 5.67. The number of carbonyl (C=O) groups is 3. The van der Waals surface area contributed by atoms with Crippen LogP contribution in [-0.4, -0.2) is 42.8 Å². The molecule has 1 saturated heterocycles. The Labute approximate surface area is 97.8 Å². The Morgan fingerprint density at radius 1 is 1.35 bits per heavy atom. The summed E-state index contributed by atoms with van der Waals surface area (Å²) in [7, 11) is 0. The van der Waals surface area contributed by atoms with E-state index in [0.717, 1.165) is 12.5 Å². The Hall–Kier alpha value is -1.89. The molecule has 1 atom stereocenters. The van der Waals surface area contributed by atoms with Crippen molar-refractivity contribution in [3.8, 4) is 0 Å². The smallest absolute Gasteiger partial charge is 0.328 e. The molecule has 3 N–H and O–H groups in total. The van der Waals surface area contributed by atoms with Gasteiger partial charge < -0.3 is 15.2 Å². The van der Waals surface area contributed by atoms with Crippen molar-refractivity contribution >= 4 is 17.9 Å². The van der Waals surface area contributed by atoms with E-state index in [1.165, 1.54) is 0 Å². The minimum absolute atomic E-state index is 0.269. The van der Waals surface area contributed by atoms with Crippen LogP contribution in [0.1, 0.15) is 6.42 Å². The van der Waals surface area contributed by atoms with Crippen molar-refractivity contribution in [1.29, 1.82) is 0 Å². The number of ether oxygens (including phenoxy) is 1. The van der Waals surface area contributed by atoms with E-state index in [1.54, 1.807) is 0 Å². The summed E-state index contributed by atoms with van der Waals surface area (Å²) in [6.45, 7) is 1.73. The standard InChI is InChI=1S/C10H14N2O5/c13-8(1-2-9(14)15)12-10(16)11-5-7-3-4-17-6-7/h1-2,7H,3-6H2,(H,14,15)(H2,11,12,13,16). The minimum atomic E-state index is -1.25. The highest BCUT2D eigenvalue weighted by Gasteiger charge is 2.16. The molecule has 0 aliphatic carbocycles. The van der Waals surface area contributed by atoms with Crippen molar-refractivity contribution in [3.63, 3.8) is 0 Å². The topological polar surface area (TPSA) is 105 Å². The van der Waals surface area contributed by atoms with Crippen molar-refractivity contribution in [2.45, 2.75) is 6.42 Å². The van der Waals surface area contributed by atoms with Gasteiger partial charge >= 0.3 is 12.0 Å². The zero-order valence-electron chi connectivity index (χ0n) is 9.14. The number of carboxylic acids is 1. The van der Waals surface area contributed by atoms with Crippen molar-refractivity contribution in [2.75, 3.05) is 19.8 Å². The van der Waals surface area contributed by atoms with E-state index < -0.39 is 17.9 Å². The van der Waals surface area contributed by atoms with Gasteiger partial charge in [0.25, 0.3) is 5.91 Å². The van der Waals surface area contributed by atoms with Crippen LogP contribution >= 0.6 is 0 Å². The predicted octanol–water partition coefficient (Wildman–Crippen LogP) is -0.510. The molecule has 7 heteroatoms. The lowest BCUT2D eigenvalue weighted by Crippen LogP contribution is -2.40. The molecule has 94 valence electrons. The number of amides is 3. The summed E-state index contributed by atoms with van der Waals surface area (Å²) in [6.07, 6.45) is 2.32. The molecular formula is C10H14N2O5. The third-order valence-corrected chi connectivity index (χ3v) is 2.19. The van der Waals surface area contributed by atoms with E-state index in [9.17, 15) is 14.4 Å². The Bertz CT molecular complexity index is 334. The normalized spacial score (nSPS) is 19.2. The fourth-order valence-electron chi connectivity index (χ4n) is 1.33. The molecule has 17 heavy (non-hydrogen) atoms. The van der Waals surface area contributed by atoms with Gasteiger partial charge in [0.15, 0.2) is 0 Å². The Kier molecular flexibility index (Phi) is 5.15. The van der Waals surface area contributed by atoms with Gasteiger partial charge in [-0.05, 0) is 6.42 Å². The van der Waals surface area contributed by atoms with Crippen LogP contribution in [0.4, 0.5) is 4.79 Å². The highest BCUT2D eigenvalue weighted by atomic mass is 16.5. The number of imide groups is 1. The Morgan fingerprint density at radius 2 is 2.12 bits per heavy atom. The van der Waals surface area contributed by atoms with E-state index in [1.807, 2.05) is 5.32 Å². The first-order valence-electron chi connectivity index (χ1n) is 5.15. The number of hydrogen-bond donors (Lipinski definition) is 3. The van der Waals surface area contributed by atoms with Crippen LogP contribution in [0.15, 0.2) is 12.2 Å². The van der Waals surface area contributed by atoms with E-state index in [4.69, 9.17) is 9.84 Å². The maximum Gasteiger partial charge on any atom is 0.328 e. The summed E-state index contributed by atoms with van der Waals surface area (Å²) in [5.74, 6) is -1.75. The van der Waals surface area contributed by atoms with Gasteiger partial charge in [-0.1, -0.05) is 0 Å². The average Bonchev–Trinajstić information content (AvgIpc) is 2.76. The van der Waals surface area contributed by atoms with Crippen LogP contribution in [0.2, 0.25) is 0 Å². The van der Waals surface area contributed by atoms with Gasteiger partial charge in [-0.25, -0.2) is 9.59 Å². The van der Waals surface area contributed by atoms with Crippen LogP contribution < -0.4 is 10.6 Å². The molecule has 1 heterocycles. The molecule has 0 aromatic heterocycles.